The van der Waals surface area contributed by atoms with Crippen LogP contribution in [0.2, 0.25) is 0 Å². The van der Waals surface area contributed by atoms with E-state index in [2.05, 4.69) is 35.3 Å². The second-order valence-corrected chi connectivity index (χ2v) is 15.0. The highest BCUT2D eigenvalue weighted by molar-refractivity contribution is 5.91. The molecule has 2 aromatic heterocycles. The third-order valence-corrected chi connectivity index (χ3v) is 10.8. The number of carbonyl (C=O) groups excluding carboxylic acids is 5. The number of fused-ring (bicyclic) bond motifs is 1. The van der Waals surface area contributed by atoms with Gasteiger partial charge in [-0.2, -0.15) is 0 Å². The van der Waals surface area contributed by atoms with Crippen molar-refractivity contribution in [3.63, 3.8) is 0 Å². The van der Waals surface area contributed by atoms with Crippen LogP contribution >= 0.6 is 0 Å². The minimum Gasteiger partial charge on any atom is -0.453 e. The molecule has 4 N–H and O–H groups in total. The quantitative estimate of drug-likeness (QED) is 0.173. The lowest BCUT2D eigenvalue weighted by atomic mass is 10.0. The van der Waals surface area contributed by atoms with E-state index in [1.54, 1.807) is 26.2 Å². The van der Waals surface area contributed by atoms with Crippen molar-refractivity contribution in [3.05, 3.63) is 72.6 Å². The van der Waals surface area contributed by atoms with E-state index in [1.807, 2.05) is 48.5 Å². The van der Waals surface area contributed by atoms with E-state index in [4.69, 9.17) is 4.74 Å². The number of alkyl halides is 2. The van der Waals surface area contributed by atoms with Gasteiger partial charge in [-0.05, 0) is 47.4 Å². The van der Waals surface area contributed by atoms with Crippen LogP contribution < -0.4 is 10.6 Å². The molecule has 3 aliphatic rings. The fourth-order valence-electron chi connectivity index (χ4n) is 7.78. The van der Waals surface area contributed by atoms with E-state index in [0.29, 0.717) is 30.9 Å². The Kier molecular flexibility index (Phi) is 11.2. The summed E-state index contributed by atoms with van der Waals surface area (Å²) in [5.74, 6) is -4.01. The van der Waals surface area contributed by atoms with E-state index in [0.717, 1.165) is 32.8 Å². The van der Waals surface area contributed by atoms with Crippen LogP contribution in [0, 0.1) is 5.92 Å². The molecular formula is C40H45F2N9O7. The first kappa shape index (κ1) is 39.9. The molecule has 2 aromatic carbocycles. The maximum absolute atomic E-state index is 14.8. The molecule has 5 heterocycles. The molecular weight excluding hydrogens is 756 g/mol. The van der Waals surface area contributed by atoms with Crippen LogP contribution in [0.1, 0.15) is 69.7 Å². The Labute approximate surface area is 332 Å². The van der Waals surface area contributed by atoms with Crippen LogP contribution in [-0.4, -0.2) is 110 Å². The third-order valence-electron chi connectivity index (χ3n) is 10.8. The maximum atomic E-state index is 14.8. The first-order chi connectivity index (χ1) is 27.8. The second kappa shape index (κ2) is 16.3. The molecule has 306 valence electrons. The molecule has 3 aliphatic heterocycles. The number of halogens is 2. The van der Waals surface area contributed by atoms with Gasteiger partial charge < -0.3 is 35.0 Å². The Bertz CT molecular complexity index is 2170. The van der Waals surface area contributed by atoms with Gasteiger partial charge in [-0.15, -0.1) is 0 Å². The van der Waals surface area contributed by atoms with Crippen molar-refractivity contribution < 1.29 is 42.2 Å². The molecule has 0 radical (unpaired) electrons. The van der Waals surface area contributed by atoms with Crippen LogP contribution in [0.3, 0.4) is 0 Å². The zero-order valence-electron chi connectivity index (χ0n) is 32.5. The van der Waals surface area contributed by atoms with Crippen molar-refractivity contribution in [1.82, 2.24) is 45.5 Å². The topological polar surface area (TPSA) is 195 Å². The van der Waals surface area contributed by atoms with Gasteiger partial charge in [-0.1, -0.05) is 62.4 Å². The minimum atomic E-state index is -3.14. The molecule has 5 amide bonds. The zero-order valence-corrected chi connectivity index (χ0v) is 32.5. The summed E-state index contributed by atoms with van der Waals surface area (Å²) in [5, 5.41) is 7.92. The Morgan fingerprint density at radius 2 is 1.38 bits per heavy atom. The average molecular weight is 802 g/mol. The molecule has 16 nitrogen and oxygen atoms in total. The van der Waals surface area contributed by atoms with E-state index in [-0.39, 0.29) is 30.5 Å². The fraction of sp³-hybridized carbons (Fsp3) is 0.425. The van der Waals surface area contributed by atoms with Crippen LogP contribution in [0.5, 0.6) is 0 Å². The van der Waals surface area contributed by atoms with Crippen molar-refractivity contribution >= 4 is 29.9 Å². The average Bonchev–Trinajstić information content (AvgIpc) is 3.98. The number of carbonyl (C=O) groups is 5. The van der Waals surface area contributed by atoms with Crippen LogP contribution in [0.15, 0.2) is 60.9 Å². The monoisotopic (exact) mass is 801 g/mol. The first-order valence-electron chi connectivity index (χ1n) is 19.1. The number of aromatic nitrogens is 4. The largest absolute Gasteiger partial charge is 0.453 e. The number of rotatable bonds is 9. The number of methoxy groups -OCH3 is 2. The van der Waals surface area contributed by atoms with Gasteiger partial charge >= 0.3 is 12.2 Å². The number of nitrogens with one attached hydrogen (secondary N) is 4. The van der Waals surface area contributed by atoms with Crippen LogP contribution in [0.25, 0.3) is 33.6 Å². The van der Waals surface area contributed by atoms with Crippen LogP contribution in [-0.2, 0) is 23.9 Å². The van der Waals surface area contributed by atoms with Crippen molar-refractivity contribution in [2.24, 2.45) is 5.92 Å². The normalized spacial score (nSPS) is 21.0. The molecule has 4 atom stereocenters. The second-order valence-electron chi connectivity index (χ2n) is 15.0. The fourth-order valence-corrected chi connectivity index (χ4v) is 7.78. The first-order valence-corrected chi connectivity index (χ1v) is 19.1. The number of alkyl carbamates (subject to hydrolysis) is 2. The maximum Gasteiger partial charge on any atom is 0.407 e. The number of likely N-dealkylation sites (tertiary alicyclic amines) is 1. The summed E-state index contributed by atoms with van der Waals surface area (Å²) in [6.45, 7) is 3.01. The summed E-state index contributed by atoms with van der Waals surface area (Å²) in [6.07, 6.45) is 2.58. The van der Waals surface area contributed by atoms with Gasteiger partial charge in [-0.3, -0.25) is 19.4 Å². The molecule has 3 saturated heterocycles. The zero-order chi connectivity index (χ0) is 41.3. The predicted octanol–water partition coefficient (Wildman–Crippen LogP) is 5.35. The van der Waals surface area contributed by atoms with Gasteiger partial charge in [0.1, 0.15) is 29.8 Å². The number of nitrogens with zero attached hydrogens (tertiary/aromatic N) is 5. The summed E-state index contributed by atoms with van der Waals surface area (Å²) in [7, 11) is 2.38. The predicted molar refractivity (Wildman–Crippen MR) is 204 cm³/mol. The number of benzene rings is 2. The summed E-state index contributed by atoms with van der Waals surface area (Å²) in [6, 6.07) is 11.9. The Morgan fingerprint density at radius 1 is 0.828 bits per heavy atom. The van der Waals surface area contributed by atoms with Crippen molar-refractivity contribution in [1.29, 1.82) is 0 Å². The standard InChI is InChI=1S/C40H45F2N9O7/c1-22(2)33(48-39(56)58-4)37(54)49-21-40(41,42)18-31(49)35-44-20-29(46-35)26-13-9-24(10-14-26)23-7-11-25(12-8-23)28-19-43-34(45-28)30-6-5-17-50-32(52)16-15-27(36(53)51(30)50)47-38(55)57-3/h7-14,19-20,22,27,30-31,33H,5-6,15-18,21H2,1-4H3,(H,43,45)(H,44,46)(H,47,55)(H,48,56)/t27-,30-,31-,33-/m0/s1. The van der Waals surface area contributed by atoms with E-state index in [1.165, 1.54) is 24.2 Å². The highest BCUT2D eigenvalue weighted by Crippen LogP contribution is 2.41. The van der Waals surface area contributed by atoms with Gasteiger partial charge in [0.2, 0.25) is 11.8 Å². The van der Waals surface area contributed by atoms with Gasteiger partial charge in [0.15, 0.2) is 0 Å². The molecule has 7 rings (SSSR count). The molecule has 0 unspecified atom stereocenters. The molecule has 0 saturated carbocycles. The number of aromatic amines is 2. The van der Waals surface area contributed by atoms with Gasteiger partial charge in [0.25, 0.3) is 11.8 Å². The molecule has 0 aliphatic carbocycles. The smallest absolute Gasteiger partial charge is 0.407 e. The Morgan fingerprint density at radius 3 is 1.93 bits per heavy atom. The Balaban J connectivity index is 1.04. The minimum absolute atomic E-state index is 0.109. The van der Waals surface area contributed by atoms with Crippen molar-refractivity contribution in [2.75, 3.05) is 27.3 Å². The number of hydrazine groups is 1. The number of amides is 5. The third kappa shape index (κ3) is 8.08. The number of ether oxygens (including phenoxy) is 2. The van der Waals surface area contributed by atoms with Crippen LogP contribution in [0.4, 0.5) is 18.4 Å². The molecule has 18 heteroatoms. The van der Waals surface area contributed by atoms with Crippen molar-refractivity contribution in [2.45, 2.75) is 76.0 Å². The summed E-state index contributed by atoms with van der Waals surface area (Å²) < 4.78 is 38.9. The van der Waals surface area contributed by atoms with E-state index >= 15 is 0 Å². The summed E-state index contributed by atoms with van der Waals surface area (Å²) >= 11 is 0. The molecule has 0 bridgehead atoms. The highest BCUT2D eigenvalue weighted by atomic mass is 19.3. The van der Waals surface area contributed by atoms with Gasteiger partial charge in [0.05, 0.1) is 50.6 Å². The molecule has 3 fully saturated rings. The molecule has 58 heavy (non-hydrogen) atoms. The van der Waals surface area contributed by atoms with E-state index in [9.17, 15) is 32.8 Å². The van der Waals surface area contributed by atoms with Gasteiger partial charge in [0, 0.05) is 19.4 Å². The van der Waals surface area contributed by atoms with E-state index < -0.39 is 67.1 Å². The lowest BCUT2D eigenvalue weighted by molar-refractivity contribution is -0.174. The summed E-state index contributed by atoms with van der Waals surface area (Å²) in [4.78, 5) is 80.6. The molecule has 0 spiro atoms. The Hall–Kier alpha value is -6.33. The number of H-pyrrole nitrogens is 2. The highest BCUT2D eigenvalue weighted by Gasteiger charge is 2.50. The lowest BCUT2D eigenvalue weighted by Gasteiger charge is -2.42. The number of imidazole rings is 2. The lowest BCUT2D eigenvalue weighted by Crippen LogP contribution is -2.57. The van der Waals surface area contributed by atoms with Crippen molar-refractivity contribution in [3.8, 4) is 33.6 Å². The SMILES string of the molecule is COC(=O)N[C@H]1CCC(=O)N2CCC[C@@H](c3ncc(-c4ccc(-c5ccc(-c6cnc([C@@H]7CC(F)(F)CN7C(=O)[C@@H](NC(=O)OC)C(C)C)[nH]6)cc5)cc4)[nH]3)N2C1=O. The number of hydrogen-bond acceptors (Lipinski definition) is 9. The van der Waals surface area contributed by atoms with Gasteiger partial charge in [-0.25, -0.2) is 33.3 Å². The summed E-state index contributed by atoms with van der Waals surface area (Å²) in [5.41, 5.74) is 4.78. The number of hydrogen-bond donors (Lipinski definition) is 4. The molecule has 4 aromatic rings.